The normalized spacial score (nSPS) is 33.0. The third-order valence-electron chi connectivity index (χ3n) is 2.75. The molecule has 1 rings (SSSR count). The van der Waals surface area contributed by atoms with E-state index in [1.807, 2.05) is 0 Å². The lowest BCUT2D eigenvalue weighted by Crippen LogP contribution is -2.42. The van der Waals surface area contributed by atoms with Gasteiger partial charge in [0.25, 0.3) is 0 Å². The Morgan fingerprint density at radius 1 is 1.55 bits per heavy atom. The van der Waals surface area contributed by atoms with Crippen LogP contribution >= 0.6 is 0 Å². The smallest absolute Gasteiger partial charge is 0.0647 e. The van der Waals surface area contributed by atoms with Gasteiger partial charge in [-0.1, -0.05) is 0 Å². The molecule has 1 aliphatic rings. The van der Waals surface area contributed by atoms with E-state index in [1.54, 1.807) is 0 Å². The maximum atomic E-state index is 5.45. The van der Waals surface area contributed by atoms with Crippen molar-refractivity contribution >= 4 is 0 Å². The molecule has 0 saturated carbocycles. The Bertz CT molecular complexity index is 127. The van der Waals surface area contributed by atoms with Crippen LogP contribution in [0.2, 0.25) is 0 Å². The minimum atomic E-state index is 0.315. The van der Waals surface area contributed by atoms with Crippen LogP contribution < -0.4 is 0 Å². The first-order valence-corrected chi connectivity index (χ1v) is 4.48. The van der Waals surface area contributed by atoms with Crippen molar-refractivity contribution in [1.29, 1.82) is 0 Å². The minimum absolute atomic E-state index is 0.315. The van der Waals surface area contributed by atoms with E-state index < -0.39 is 0 Å². The number of likely N-dealkylation sites (tertiary alicyclic amines) is 1. The average Bonchev–Trinajstić information content (AvgIpc) is 2.30. The highest BCUT2D eigenvalue weighted by molar-refractivity contribution is 4.89. The molecule has 0 N–H and O–H groups in total. The summed E-state index contributed by atoms with van der Waals surface area (Å²) < 4.78 is 5.45. The number of likely N-dealkylation sites (N-methyl/N-ethyl adjacent to an activating group) is 1. The van der Waals surface area contributed by atoms with Crippen molar-refractivity contribution in [3.63, 3.8) is 0 Å². The van der Waals surface area contributed by atoms with Crippen LogP contribution in [-0.2, 0) is 4.74 Å². The third kappa shape index (κ3) is 1.94. The maximum Gasteiger partial charge on any atom is 0.0647 e. The van der Waals surface area contributed by atoms with E-state index in [4.69, 9.17) is 4.74 Å². The molecule has 0 aromatic rings. The molecular formula is C9H19NO. The van der Waals surface area contributed by atoms with Gasteiger partial charge in [0.2, 0.25) is 0 Å². The van der Waals surface area contributed by atoms with Gasteiger partial charge in [0.05, 0.1) is 6.61 Å². The molecule has 0 amide bonds. The summed E-state index contributed by atoms with van der Waals surface area (Å²) in [6, 6.07) is 0. The SMILES string of the molecule is CCOCC1(C)CCCN1C. The van der Waals surface area contributed by atoms with E-state index in [0.717, 1.165) is 13.2 Å². The number of nitrogens with zero attached hydrogens (tertiary/aromatic N) is 1. The molecule has 1 saturated heterocycles. The van der Waals surface area contributed by atoms with Crippen LogP contribution in [0.15, 0.2) is 0 Å². The molecular weight excluding hydrogens is 138 g/mol. The van der Waals surface area contributed by atoms with Crippen molar-refractivity contribution in [3.05, 3.63) is 0 Å². The second-order valence-corrected chi connectivity index (χ2v) is 3.66. The number of hydrogen-bond acceptors (Lipinski definition) is 2. The Labute approximate surface area is 69.5 Å². The molecule has 66 valence electrons. The molecule has 2 nitrogen and oxygen atoms in total. The summed E-state index contributed by atoms with van der Waals surface area (Å²) in [5.74, 6) is 0. The number of rotatable bonds is 3. The maximum absolute atomic E-state index is 5.45. The Hall–Kier alpha value is -0.0800. The molecule has 0 aromatic heterocycles. The van der Waals surface area contributed by atoms with Crippen molar-refractivity contribution in [2.24, 2.45) is 0 Å². The van der Waals surface area contributed by atoms with Gasteiger partial charge in [-0.15, -0.1) is 0 Å². The van der Waals surface area contributed by atoms with Crippen LogP contribution in [0.25, 0.3) is 0 Å². The lowest BCUT2D eigenvalue weighted by molar-refractivity contribution is 0.0421. The van der Waals surface area contributed by atoms with Crippen molar-refractivity contribution in [2.45, 2.75) is 32.2 Å². The van der Waals surface area contributed by atoms with Gasteiger partial charge < -0.3 is 4.74 Å². The van der Waals surface area contributed by atoms with E-state index in [9.17, 15) is 0 Å². The molecule has 1 fully saturated rings. The van der Waals surface area contributed by atoms with E-state index in [2.05, 4.69) is 25.8 Å². The largest absolute Gasteiger partial charge is 0.380 e. The average molecular weight is 157 g/mol. The van der Waals surface area contributed by atoms with Crippen LogP contribution in [-0.4, -0.2) is 37.2 Å². The van der Waals surface area contributed by atoms with Gasteiger partial charge in [0.1, 0.15) is 0 Å². The predicted octanol–water partition coefficient (Wildman–Crippen LogP) is 1.51. The molecule has 1 unspecified atom stereocenters. The Balaban J connectivity index is 2.38. The highest BCUT2D eigenvalue weighted by Gasteiger charge is 2.33. The van der Waals surface area contributed by atoms with E-state index >= 15 is 0 Å². The van der Waals surface area contributed by atoms with Crippen LogP contribution in [0.3, 0.4) is 0 Å². The first-order chi connectivity index (χ1) is 5.19. The Kier molecular flexibility index (Phi) is 2.90. The van der Waals surface area contributed by atoms with Gasteiger partial charge in [-0.05, 0) is 40.3 Å². The fourth-order valence-electron chi connectivity index (χ4n) is 1.66. The lowest BCUT2D eigenvalue weighted by atomic mass is 10.0. The Morgan fingerprint density at radius 2 is 2.27 bits per heavy atom. The zero-order valence-corrected chi connectivity index (χ0v) is 7.89. The molecule has 0 radical (unpaired) electrons. The topological polar surface area (TPSA) is 12.5 Å². The van der Waals surface area contributed by atoms with Crippen LogP contribution in [0, 0.1) is 0 Å². The molecule has 0 aliphatic carbocycles. The standard InChI is InChI=1S/C9H19NO/c1-4-11-8-9(2)6-5-7-10(9)3/h4-8H2,1-3H3. The molecule has 1 aliphatic heterocycles. The monoisotopic (exact) mass is 157 g/mol. The highest BCUT2D eigenvalue weighted by atomic mass is 16.5. The molecule has 11 heavy (non-hydrogen) atoms. The van der Waals surface area contributed by atoms with Gasteiger partial charge >= 0.3 is 0 Å². The summed E-state index contributed by atoms with van der Waals surface area (Å²) in [6.45, 7) is 7.29. The first kappa shape index (κ1) is 9.01. The van der Waals surface area contributed by atoms with Crippen molar-refractivity contribution < 1.29 is 4.74 Å². The van der Waals surface area contributed by atoms with Crippen molar-refractivity contribution in [3.8, 4) is 0 Å². The van der Waals surface area contributed by atoms with Gasteiger partial charge in [-0.2, -0.15) is 0 Å². The summed E-state index contributed by atoms with van der Waals surface area (Å²) in [5, 5.41) is 0. The molecule has 2 heteroatoms. The highest BCUT2D eigenvalue weighted by Crippen LogP contribution is 2.26. The van der Waals surface area contributed by atoms with E-state index in [1.165, 1.54) is 19.4 Å². The Morgan fingerprint density at radius 3 is 2.73 bits per heavy atom. The van der Waals surface area contributed by atoms with Crippen molar-refractivity contribution in [2.75, 3.05) is 26.8 Å². The lowest BCUT2D eigenvalue weighted by Gasteiger charge is -2.31. The van der Waals surface area contributed by atoms with Crippen LogP contribution in [0.4, 0.5) is 0 Å². The molecule has 1 heterocycles. The van der Waals surface area contributed by atoms with Gasteiger partial charge in [0.15, 0.2) is 0 Å². The fraction of sp³-hybridized carbons (Fsp3) is 1.00. The molecule has 0 aromatic carbocycles. The fourth-order valence-corrected chi connectivity index (χ4v) is 1.66. The molecule has 1 atom stereocenters. The predicted molar refractivity (Wildman–Crippen MR) is 46.8 cm³/mol. The molecule has 0 bridgehead atoms. The second kappa shape index (κ2) is 3.55. The summed E-state index contributed by atoms with van der Waals surface area (Å²) in [5.41, 5.74) is 0.315. The van der Waals surface area contributed by atoms with Crippen molar-refractivity contribution in [1.82, 2.24) is 4.90 Å². The van der Waals surface area contributed by atoms with Crippen LogP contribution in [0.1, 0.15) is 26.7 Å². The zero-order chi connectivity index (χ0) is 8.32. The first-order valence-electron chi connectivity index (χ1n) is 4.48. The molecule has 0 spiro atoms. The summed E-state index contributed by atoms with van der Waals surface area (Å²) in [4.78, 5) is 2.41. The van der Waals surface area contributed by atoms with E-state index in [-0.39, 0.29) is 0 Å². The van der Waals surface area contributed by atoms with E-state index in [0.29, 0.717) is 5.54 Å². The third-order valence-corrected chi connectivity index (χ3v) is 2.75. The number of ether oxygens (including phenoxy) is 1. The quantitative estimate of drug-likeness (QED) is 0.615. The number of hydrogen-bond donors (Lipinski definition) is 0. The second-order valence-electron chi connectivity index (χ2n) is 3.66. The van der Waals surface area contributed by atoms with Gasteiger partial charge in [0, 0.05) is 12.1 Å². The summed E-state index contributed by atoms with van der Waals surface area (Å²) in [6.07, 6.45) is 2.60. The summed E-state index contributed by atoms with van der Waals surface area (Å²) >= 11 is 0. The van der Waals surface area contributed by atoms with Gasteiger partial charge in [-0.25, -0.2) is 0 Å². The summed E-state index contributed by atoms with van der Waals surface area (Å²) in [7, 11) is 2.19. The van der Waals surface area contributed by atoms with Crippen LogP contribution in [0.5, 0.6) is 0 Å². The zero-order valence-electron chi connectivity index (χ0n) is 7.89. The minimum Gasteiger partial charge on any atom is -0.380 e. The van der Waals surface area contributed by atoms with Gasteiger partial charge in [-0.3, -0.25) is 4.90 Å².